The number of hydrogen-bond acceptors (Lipinski definition) is 9. The number of pyridine rings is 2. The Kier molecular flexibility index (Phi) is 9.82. The number of nitrogens with zero attached hydrogens (tertiary/aromatic N) is 10. The highest BCUT2D eigenvalue weighted by Gasteiger charge is 2.22. The van der Waals surface area contributed by atoms with Crippen LogP contribution in [0.25, 0.3) is 143 Å². The number of rotatable bonds is 8. The van der Waals surface area contributed by atoms with Gasteiger partial charge in [-0.3, -0.25) is 19.1 Å². The first-order valence-corrected chi connectivity index (χ1v) is 25.5. The third-order valence-corrected chi connectivity index (χ3v) is 15.1. The quantitative estimate of drug-likeness (QED) is 0.148. The molecule has 0 bridgehead atoms. The Morgan fingerprint density at radius 2 is 0.667 bits per heavy atom. The van der Waals surface area contributed by atoms with Gasteiger partial charge in [0.2, 0.25) is 11.9 Å². The van der Waals surface area contributed by atoms with E-state index in [1.54, 1.807) is 11.3 Å². The second-order valence-electron chi connectivity index (χ2n) is 18.4. The molecule has 0 saturated heterocycles. The average Bonchev–Trinajstić information content (AvgIpc) is 4.27. The van der Waals surface area contributed by atoms with Crippen LogP contribution in [0.5, 0.6) is 0 Å². The van der Waals surface area contributed by atoms with E-state index in [4.69, 9.17) is 30.1 Å². The molecular weight excluding hydrogens is 941 g/mol. The molecule has 0 aliphatic carbocycles. The van der Waals surface area contributed by atoms with Crippen molar-refractivity contribution >= 4 is 76.8 Å². The predicted molar refractivity (Wildman–Crippen MR) is 303 cm³/mol. The SMILES string of the molecule is c1ccc(-c2ccc(-c3nc(-n4c5ccccc5c5ccc(-c6nnc(-c7ccc8c9ccccc9n(-c9nc(-c%10ccc(-c%11ccccn%11)cc%10)c%10ccccc%10n9)c8c7)s6)cc54)nc4ccccc34)cc2)nc1. The molecule has 75 heavy (non-hydrogen) atoms. The number of aromatic nitrogens is 10. The number of fused-ring (bicyclic) bond motifs is 8. The zero-order valence-corrected chi connectivity index (χ0v) is 40.6. The van der Waals surface area contributed by atoms with Crippen molar-refractivity contribution in [3.8, 4) is 78.1 Å². The largest absolute Gasteiger partial charge is 0.278 e. The van der Waals surface area contributed by atoms with Gasteiger partial charge in [0.05, 0.1) is 55.9 Å². The standard InChI is InChI=1S/C64H38N10S/c1-5-19-53-49(15-1)59(41-27-23-39(24-28-41)51-17-9-11-35-65-51)69-63(67-53)73-55-21-7-3-13-45(55)47-33-31-43(37-57(47)73)61-71-72-62(75-61)44-32-34-48-46-14-4-8-22-56(46)74(58(48)38-44)64-68-54-20-6-2-16-50(54)60(70-64)42-29-25-40(26-30-42)52-18-10-12-36-66-52/h1-38H. The van der Waals surface area contributed by atoms with Crippen molar-refractivity contribution in [1.82, 2.24) is 49.2 Å². The van der Waals surface area contributed by atoms with Gasteiger partial charge in [-0.25, -0.2) is 19.9 Å². The second kappa shape index (κ2) is 17.3. The van der Waals surface area contributed by atoms with Crippen LogP contribution in [-0.2, 0) is 0 Å². The minimum atomic E-state index is 0.587. The summed E-state index contributed by atoms with van der Waals surface area (Å²) in [6.07, 6.45) is 3.64. The Morgan fingerprint density at radius 3 is 1.11 bits per heavy atom. The van der Waals surface area contributed by atoms with Gasteiger partial charge >= 0.3 is 0 Å². The first-order valence-electron chi connectivity index (χ1n) is 24.7. The van der Waals surface area contributed by atoms with E-state index in [2.05, 4.69) is 177 Å². The lowest BCUT2D eigenvalue weighted by Crippen LogP contribution is -2.03. The maximum atomic E-state index is 5.38. The monoisotopic (exact) mass is 978 g/mol. The van der Waals surface area contributed by atoms with E-state index in [0.717, 1.165) is 132 Å². The number of hydrogen-bond donors (Lipinski definition) is 0. The van der Waals surface area contributed by atoms with Crippen molar-refractivity contribution in [2.45, 2.75) is 0 Å². The maximum Gasteiger partial charge on any atom is 0.235 e. The molecule has 0 saturated carbocycles. The van der Waals surface area contributed by atoms with Gasteiger partial charge in [-0.15, -0.1) is 10.2 Å². The molecule has 8 aromatic carbocycles. The molecule has 0 spiro atoms. The van der Waals surface area contributed by atoms with Crippen molar-refractivity contribution in [3.63, 3.8) is 0 Å². The summed E-state index contributed by atoms with van der Waals surface area (Å²) in [6.45, 7) is 0. The molecular formula is C64H38N10S. The summed E-state index contributed by atoms with van der Waals surface area (Å²) in [4.78, 5) is 30.4. The van der Waals surface area contributed by atoms with Crippen molar-refractivity contribution in [2.75, 3.05) is 0 Å². The van der Waals surface area contributed by atoms with E-state index < -0.39 is 0 Å². The molecule has 0 radical (unpaired) electrons. The zero-order chi connectivity index (χ0) is 49.4. The molecule has 15 rings (SSSR count). The molecule has 7 heterocycles. The third-order valence-electron chi connectivity index (χ3n) is 14.1. The summed E-state index contributed by atoms with van der Waals surface area (Å²) in [6, 6.07) is 75.2. The van der Waals surface area contributed by atoms with E-state index in [1.165, 1.54) is 0 Å². The summed E-state index contributed by atoms with van der Waals surface area (Å²) in [7, 11) is 0. The molecule has 15 aromatic rings. The van der Waals surface area contributed by atoms with Crippen molar-refractivity contribution < 1.29 is 0 Å². The molecule has 0 amide bonds. The summed E-state index contributed by atoms with van der Waals surface area (Å²) < 4.78 is 4.36. The smallest absolute Gasteiger partial charge is 0.235 e. The second-order valence-corrected chi connectivity index (χ2v) is 19.4. The normalized spacial score (nSPS) is 11.7. The van der Waals surface area contributed by atoms with Crippen molar-refractivity contribution in [2.24, 2.45) is 0 Å². The van der Waals surface area contributed by atoms with E-state index in [1.807, 2.05) is 73.1 Å². The summed E-state index contributed by atoms with van der Waals surface area (Å²) in [5, 5.41) is 17.7. The van der Waals surface area contributed by atoms with Crippen LogP contribution in [0.3, 0.4) is 0 Å². The molecule has 350 valence electrons. The van der Waals surface area contributed by atoms with Gasteiger partial charge < -0.3 is 0 Å². The highest BCUT2D eigenvalue weighted by Crippen LogP contribution is 2.40. The highest BCUT2D eigenvalue weighted by molar-refractivity contribution is 7.17. The lowest BCUT2D eigenvalue weighted by molar-refractivity contribution is 1.01. The zero-order valence-electron chi connectivity index (χ0n) is 39.8. The maximum absolute atomic E-state index is 5.38. The Balaban J connectivity index is 0.833. The van der Waals surface area contributed by atoms with Gasteiger partial charge in [0.1, 0.15) is 10.0 Å². The molecule has 0 atom stereocenters. The minimum Gasteiger partial charge on any atom is -0.278 e. The van der Waals surface area contributed by atoms with Crippen LogP contribution in [0, 0.1) is 0 Å². The average molecular weight is 979 g/mol. The Bertz CT molecular complexity index is 4400. The molecule has 0 fully saturated rings. The third kappa shape index (κ3) is 7.16. The van der Waals surface area contributed by atoms with Crippen molar-refractivity contribution in [3.05, 3.63) is 231 Å². The van der Waals surface area contributed by atoms with Crippen LogP contribution < -0.4 is 0 Å². The van der Waals surface area contributed by atoms with Crippen LogP contribution in [0.4, 0.5) is 0 Å². The Morgan fingerprint density at radius 1 is 0.293 bits per heavy atom. The molecule has 0 aliphatic rings. The summed E-state index contributed by atoms with van der Waals surface area (Å²) >= 11 is 1.56. The van der Waals surface area contributed by atoms with Gasteiger partial charge in [0.25, 0.3) is 0 Å². The lowest BCUT2D eigenvalue weighted by Gasteiger charge is -2.12. The summed E-state index contributed by atoms with van der Waals surface area (Å²) in [5.41, 5.74) is 15.2. The van der Waals surface area contributed by atoms with Crippen LogP contribution in [-0.4, -0.2) is 49.2 Å². The lowest BCUT2D eigenvalue weighted by atomic mass is 10.0. The topological polar surface area (TPSA) is 113 Å². The van der Waals surface area contributed by atoms with Crippen LogP contribution >= 0.6 is 11.3 Å². The highest BCUT2D eigenvalue weighted by atomic mass is 32.1. The molecule has 0 unspecified atom stereocenters. The van der Waals surface area contributed by atoms with Gasteiger partial charge in [-0.05, 0) is 60.7 Å². The van der Waals surface area contributed by atoms with Crippen molar-refractivity contribution in [1.29, 1.82) is 0 Å². The fourth-order valence-electron chi connectivity index (χ4n) is 10.5. The number of para-hydroxylation sites is 4. The molecule has 7 aromatic heterocycles. The predicted octanol–water partition coefficient (Wildman–Crippen LogP) is 15.4. The number of benzene rings is 8. The fourth-order valence-corrected chi connectivity index (χ4v) is 11.4. The Labute approximate surface area is 432 Å². The first-order chi connectivity index (χ1) is 37.2. The van der Waals surface area contributed by atoms with E-state index in [9.17, 15) is 0 Å². The van der Waals surface area contributed by atoms with Gasteiger partial charge in [-0.2, -0.15) is 0 Å². The molecule has 0 N–H and O–H groups in total. The molecule has 0 aliphatic heterocycles. The van der Waals surface area contributed by atoms with Gasteiger partial charge in [-0.1, -0.05) is 169 Å². The van der Waals surface area contributed by atoms with E-state index in [-0.39, 0.29) is 0 Å². The molecule has 10 nitrogen and oxygen atoms in total. The van der Waals surface area contributed by atoms with Gasteiger partial charge in [0.15, 0.2) is 0 Å². The minimum absolute atomic E-state index is 0.587. The van der Waals surface area contributed by atoms with E-state index in [0.29, 0.717) is 11.9 Å². The van der Waals surface area contributed by atoms with Crippen LogP contribution in [0.2, 0.25) is 0 Å². The van der Waals surface area contributed by atoms with Crippen LogP contribution in [0.15, 0.2) is 231 Å². The fraction of sp³-hybridized carbons (Fsp3) is 0. The van der Waals surface area contributed by atoms with Crippen LogP contribution in [0.1, 0.15) is 0 Å². The molecule has 11 heteroatoms. The first kappa shape index (κ1) is 42.6. The van der Waals surface area contributed by atoms with Gasteiger partial charge in [0, 0.05) is 78.1 Å². The summed E-state index contributed by atoms with van der Waals surface area (Å²) in [5.74, 6) is 1.17. The van der Waals surface area contributed by atoms with E-state index >= 15 is 0 Å². The Hall–Kier alpha value is -10.1.